The van der Waals surface area contributed by atoms with Crippen LogP contribution >= 0.6 is 0 Å². The van der Waals surface area contributed by atoms with E-state index in [1.807, 2.05) is 0 Å². The molecule has 1 saturated carbocycles. The van der Waals surface area contributed by atoms with Gasteiger partial charge in [-0.15, -0.1) is 0 Å². The summed E-state index contributed by atoms with van der Waals surface area (Å²) < 4.78 is 12.5. The topological polar surface area (TPSA) is 24.9 Å². The molecule has 1 aliphatic carbocycles. The zero-order chi connectivity index (χ0) is 9.97. The van der Waals surface area contributed by atoms with Crippen LogP contribution in [0.1, 0.15) is 26.2 Å². The molecule has 2 nitrogen and oxygen atoms in total. The maximum Gasteiger partial charge on any atom is 0.212 e. The normalized spacial score (nSPS) is 26.4. The van der Waals surface area contributed by atoms with E-state index in [4.69, 9.17) is 0 Å². The van der Waals surface area contributed by atoms with Crippen LogP contribution in [-0.2, 0) is 0 Å². The number of nitrogens with one attached hydrogen (secondary N) is 1. The van der Waals surface area contributed by atoms with Gasteiger partial charge in [0.2, 0.25) is 5.95 Å². The standard InChI is InChI=1S/C11H15FN2/c1-8-3-2-4-10(8)14-9-5-6-11(12)13-7-9/h5-8,10,14H,2-4H2,1H3. The smallest absolute Gasteiger partial charge is 0.212 e. The van der Waals surface area contributed by atoms with Gasteiger partial charge in [0.1, 0.15) is 0 Å². The maximum absolute atomic E-state index is 12.5. The fourth-order valence-electron chi connectivity index (χ4n) is 2.04. The molecule has 0 bridgehead atoms. The number of hydrogen-bond donors (Lipinski definition) is 1. The van der Waals surface area contributed by atoms with E-state index in [0.717, 1.165) is 5.69 Å². The molecule has 0 aromatic carbocycles. The third-order valence-electron chi connectivity index (χ3n) is 2.94. The van der Waals surface area contributed by atoms with Crippen molar-refractivity contribution in [3.05, 3.63) is 24.3 Å². The fraction of sp³-hybridized carbons (Fsp3) is 0.545. The van der Waals surface area contributed by atoms with Gasteiger partial charge in [-0.05, 0) is 30.9 Å². The van der Waals surface area contributed by atoms with Crippen LogP contribution in [0.25, 0.3) is 0 Å². The van der Waals surface area contributed by atoms with Crippen LogP contribution in [-0.4, -0.2) is 11.0 Å². The quantitative estimate of drug-likeness (QED) is 0.732. The molecule has 1 fully saturated rings. The molecule has 1 N–H and O–H groups in total. The second kappa shape index (κ2) is 3.95. The Bertz CT molecular complexity index is 297. The van der Waals surface area contributed by atoms with E-state index in [9.17, 15) is 4.39 Å². The number of hydrogen-bond acceptors (Lipinski definition) is 2. The molecule has 0 amide bonds. The van der Waals surface area contributed by atoms with Gasteiger partial charge in [0.15, 0.2) is 0 Å². The van der Waals surface area contributed by atoms with Crippen molar-refractivity contribution < 1.29 is 4.39 Å². The van der Waals surface area contributed by atoms with Crippen LogP contribution in [0, 0.1) is 11.9 Å². The van der Waals surface area contributed by atoms with E-state index >= 15 is 0 Å². The molecule has 2 atom stereocenters. The number of halogens is 1. The molecule has 0 radical (unpaired) electrons. The van der Waals surface area contributed by atoms with Crippen molar-refractivity contribution in [1.29, 1.82) is 0 Å². The summed E-state index contributed by atoms with van der Waals surface area (Å²) >= 11 is 0. The zero-order valence-electron chi connectivity index (χ0n) is 8.33. The van der Waals surface area contributed by atoms with Crippen LogP contribution in [0.5, 0.6) is 0 Å². The van der Waals surface area contributed by atoms with Gasteiger partial charge in [-0.1, -0.05) is 13.3 Å². The van der Waals surface area contributed by atoms with Crippen LogP contribution in [0.2, 0.25) is 0 Å². The Balaban J connectivity index is 2.00. The summed E-state index contributed by atoms with van der Waals surface area (Å²) in [6, 6.07) is 3.66. The van der Waals surface area contributed by atoms with Crippen molar-refractivity contribution in [2.45, 2.75) is 32.2 Å². The lowest BCUT2D eigenvalue weighted by Crippen LogP contribution is -2.21. The first-order valence-electron chi connectivity index (χ1n) is 5.14. The van der Waals surface area contributed by atoms with Crippen molar-refractivity contribution in [3.8, 4) is 0 Å². The number of aromatic nitrogens is 1. The summed E-state index contributed by atoms with van der Waals surface area (Å²) in [5.41, 5.74) is 0.921. The summed E-state index contributed by atoms with van der Waals surface area (Å²) in [5.74, 6) is 0.287. The van der Waals surface area contributed by atoms with E-state index in [1.165, 1.54) is 25.3 Å². The Morgan fingerprint density at radius 2 is 2.29 bits per heavy atom. The predicted molar refractivity (Wildman–Crippen MR) is 54.6 cm³/mol. The number of anilines is 1. The largest absolute Gasteiger partial charge is 0.381 e. The fourth-order valence-corrected chi connectivity index (χ4v) is 2.04. The molecule has 1 aromatic heterocycles. The molecule has 0 saturated heterocycles. The van der Waals surface area contributed by atoms with Crippen molar-refractivity contribution >= 4 is 5.69 Å². The molecular weight excluding hydrogens is 179 g/mol. The van der Waals surface area contributed by atoms with Crippen molar-refractivity contribution in [2.24, 2.45) is 5.92 Å². The monoisotopic (exact) mass is 194 g/mol. The Hall–Kier alpha value is -1.12. The average molecular weight is 194 g/mol. The van der Waals surface area contributed by atoms with Gasteiger partial charge >= 0.3 is 0 Å². The number of pyridine rings is 1. The van der Waals surface area contributed by atoms with Gasteiger partial charge in [0, 0.05) is 6.04 Å². The molecule has 2 rings (SSSR count). The minimum Gasteiger partial charge on any atom is -0.381 e. The highest BCUT2D eigenvalue weighted by molar-refractivity contribution is 5.41. The Kier molecular flexibility index (Phi) is 2.66. The highest BCUT2D eigenvalue weighted by Crippen LogP contribution is 2.27. The molecule has 0 spiro atoms. The molecule has 1 heterocycles. The van der Waals surface area contributed by atoms with Crippen LogP contribution in [0.3, 0.4) is 0 Å². The lowest BCUT2D eigenvalue weighted by molar-refractivity contribution is 0.554. The van der Waals surface area contributed by atoms with E-state index in [0.29, 0.717) is 12.0 Å². The Morgan fingerprint density at radius 3 is 2.86 bits per heavy atom. The van der Waals surface area contributed by atoms with Gasteiger partial charge in [-0.25, -0.2) is 4.98 Å². The minimum atomic E-state index is -0.421. The highest BCUT2D eigenvalue weighted by Gasteiger charge is 2.22. The first-order valence-corrected chi connectivity index (χ1v) is 5.14. The number of rotatable bonds is 2. The van der Waals surface area contributed by atoms with Crippen LogP contribution in [0.15, 0.2) is 18.3 Å². The Morgan fingerprint density at radius 1 is 1.43 bits per heavy atom. The minimum absolute atomic E-state index is 0.421. The summed E-state index contributed by atoms with van der Waals surface area (Å²) in [4.78, 5) is 3.62. The van der Waals surface area contributed by atoms with Crippen molar-refractivity contribution in [3.63, 3.8) is 0 Å². The third-order valence-corrected chi connectivity index (χ3v) is 2.94. The SMILES string of the molecule is CC1CCCC1Nc1ccc(F)nc1. The van der Waals surface area contributed by atoms with E-state index in [-0.39, 0.29) is 0 Å². The predicted octanol–water partition coefficient (Wildman–Crippen LogP) is 2.82. The molecule has 1 aromatic rings. The molecule has 2 unspecified atom stereocenters. The highest BCUT2D eigenvalue weighted by atomic mass is 19.1. The molecule has 0 aliphatic heterocycles. The van der Waals surface area contributed by atoms with E-state index in [2.05, 4.69) is 17.2 Å². The molecule has 3 heteroatoms. The Labute approximate surface area is 83.6 Å². The molecule has 76 valence electrons. The van der Waals surface area contributed by atoms with Gasteiger partial charge in [-0.2, -0.15) is 4.39 Å². The van der Waals surface area contributed by atoms with E-state index in [1.54, 1.807) is 12.3 Å². The lowest BCUT2D eigenvalue weighted by atomic mass is 10.1. The summed E-state index contributed by atoms with van der Waals surface area (Å²) in [6.45, 7) is 2.25. The molecule has 1 aliphatic rings. The van der Waals surface area contributed by atoms with Crippen LogP contribution < -0.4 is 5.32 Å². The lowest BCUT2D eigenvalue weighted by Gasteiger charge is -2.18. The van der Waals surface area contributed by atoms with Gasteiger partial charge in [0.25, 0.3) is 0 Å². The molecular formula is C11H15FN2. The van der Waals surface area contributed by atoms with Gasteiger partial charge in [0.05, 0.1) is 11.9 Å². The first-order chi connectivity index (χ1) is 6.75. The van der Waals surface area contributed by atoms with Crippen molar-refractivity contribution in [2.75, 3.05) is 5.32 Å². The maximum atomic E-state index is 12.5. The number of nitrogens with zero attached hydrogens (tertiary/aromatic N) is 1. The second-order valence-electron chi connectivity index (χ2n) is 4.03. The second-order valence-corrected chi connectivity index (χ2v) is 4.03. The third kappa shape index (κ3) is 2.03. The van der Waals surface area contributed by atoms with Gasteiger partial charge in [-0.3, -0.25) is 0 Å². The first kappa shape index (κ1) is 9.44. The van der Waals surface area contributed by atoms with E-state index < -0.39 is 5.95 Å². The van der Waals surface area contributed by atoms with Crippen LogP contribution in [0.4, 0.5) is 10.1 Å². The summed E-state index contributed by atoms with van der Waals surface area (Å²) in [7, 11) is 0. The molecule has 14 heavy (non-hydrogen) atoms. The summed E-state index contributed by atoms with van der Waals surface area (Å²) in [6.07, 6.45) is 5.33. The van der Waals surface area contributed by atoms with Gasteiger partial charge < -0.3 is 5.32 Å². The van der Waals surface area contributed by atoms with Crippen molar-refractivity contribution in [1.82, 2.24) is 4.98 Å². The average Bonchev–Trinajstić information content (AvgIpc) is 2.56. The summed E-state index contributed by atoms with van der Waals surface area (Å²) in [5, 5.41) is 3.39. The zero-order valence-corrected chi connectivity index (χ0v) is 8.33.